The minimum absolute atomic E-state index is 0.0141. The molecule has 5 nitrogen and oxygen atoms in total. The van der Waals surface area contributed by atoms with Crippen LogP contribution in [0.5, 0.6) is 0 Å². The quantitative estimate of drug-likeness (QED) is 0.830. The maximum absolute atomic E-state index is 13.1. The fraction of sp³-hybridized carbons (Fsp3) is 0.706. The van der Waals surface area contributed by atoms with E-state index in [-0.39, 0.29) is 11.9 Å². The molecule has 6 heteroatoms. The molecular formula is C17H23ClN4O. The lowest BCUT2D eigenvalue weighted by Gasteiger charge is -2.29. The average Bonchev–Trinajstić information content (AvgIpc) is 3.47. The number of hydrogen-bond donors (Lipinski definition) is 0. The van der Waals surface area contributed by atoms with Gasteiger partial charge >= 0.3 is 0 Å². The maximum Gasteiger partial charge on any atom is 0.274 e. The molecule has 1 amide bonds. The monoisotopic (exact) mass is 334 g/mol. The molecule has 2 heterocycles. The third kappa shape index (κ3) is 3.03. The number of hydrogen-bond acceptors (Lipinski definition) is 4. The van der Waals surface area contributed by atoms with E-state index in [1.807, 2.05) is 4.90 Å². The lowest BCUT2D eigenvalue weighted by atomic mass is 10.1. The van der Waals surface area contributed by atoms with Crippen LogP contribution in [0, 0.1) is 5.92 Å². The molecule has 0 N–H and O–H groups in total. The molecule has 3 fully saturated rings. The van der Waals surface area contributed by atoms with Gasteiger partial charge in [-0.15, -0.1) is 0 Å². The summed E-state index contributed by atoms with van der Waals surface area (Å²) in [6.07, 6.45) is 8.56. The first-order valence-corrected chi connectivity index (χ1v) is 9.13. The second kappa shape index (κ2) is 5.93. The summed E-state index contributed by atoms with van der Waals surface area (Å²) in [6.45, 7) is 4.09. The fourth-order valence-corrected chi connectivity index (χ4v) is 3.71. The lowest BCUT2D eigenvalue weighted by molar-refractivity contribution is 0.0648. The Balaban J connectivity index is 1.61. The summed E-state index contributed by atoms with van der Waals surface area (Å²) < 4.78 is 0. The Morgan fingerprint density at radius 2 is 2.00 bits per heavy atom. The summed E-state index contributed by atoms with van der Waals surface area (Å²) >= 11 is 6.28. The van der Waals surface area contributed by atoms with Crippen LogP contribution >= 0.6 is 11.6 Å². The van der Waals surface area contributed by atoms with Crippen molar-refractivity contribution < 1.29 is 4.79 Å². The van der Waals surface area contributed by atoms with Crippen LogP contribution in [-0.2, 0) is 0 Å². The number of amides is 1. The van der Waals surface area contributed by atoms with Gasteiger partial charge in [-0.05, 0) is 51.4 Å². The van der Waals surface area contributed by atoms with Gasteiger partial charge in [0.05, 0.1) is 11.2 Å². The van der Waals surface area contributed by atoms with Crippen molar-refractivity contribution in [3.8, 4) is 0 Å². The molecule has 124 valence electrons. The van der Waals surface area contributed by atoms with Crippen molar-refractivity contribution in [2.75, 3.05) is 18.0 Å². The minimum Gasteiger partial charge on any atom is -0.341 e. The second-order valence-corrected chi connectivity index (χ2v) is 7.49. The van der Waals surface area contributed by atoms with Gasteiger partial charge in [0.15, 0.2) is 5.69 Å². The number of carbonyl (C=O) groups excluding carboxylic acids is 1. The zero-order valence-electron chi connectivity index (χ0n) is 13.5. The predicted octanol–water partition coefficient (Wildman–Crippen LogP) is 3.13. The molecule has 0 aromatic carbocycles. The van der Waals surface area contributed by atoms with Gasteiger partial charge in [-0.25, -0.2) is 9.97 Å². The van der Waals surface area contributed by atoms with Crippen LogP contribution in [0.4, 0.5) is 5.95 Å². The van der Waals surface area contributed by atoms with Crippen molar-refractivity contribution in [1.29, 1.82) is 0 Å². The first-order valence-electron chi connectivity index (χ1n) is 8.75. The van der Waals surface area contributed by atoms with Gasteiger partial charge in [-0.1, -0.05) is 11.6 Å². The van der Waals surface area contributed by atoms with E-state index in [1.54, 1.807) is 6.20 Å². The Labute approximate surface area is 142 Å². The average molecular weight is 335 g/mol. The highest BCUT2D eigenvalue weighted by atomic mass is 35.5. The highest BCUT2D eigenvalue weighted by molar-refractivity contribution is 6.33. The maximum atomic E-state index is 13.1. The lowest BCUT2D eigenvalue weighted by Crippen LogP contribution is -2.42. The van der Waals surface area contributed by atoms with Crippen LogP contribution in [0.25, 0.3) is 0 Å². The molecule has 0 radical (unpaired) electrons. The van der Waals surface area contributed by atoms with Crippen LogP contribution in [0.15, 0.2) is 6.20 Å². The zero-order chi connectivity index (χ0) is 16.0. The van der Waals surface area contributed by atoms with Crippen LogP contribution in [0.2, 0.25) is 5.02 Å². The van der Waals surface area contributed by atoms with Crippen LogP contribution in [0.3, 0.4) is 0 Å². The molecule has 1 aromatic heterocycles. The van der Waals surface area contributed by atoms with E-state index in [0.29, 0.717) is 28.6 Å². The molecule has 0 unspecified atom stereocenters. The SMILES string of the molecule is C[C@@H](C1CC1)N(C(=O)c1nc(N2CCCC2)ncc1Cl)C1CC1. The molecule has 23 heavy (non-hydrogen) atoms. The summed E-state index contributed by atoms with van der Waals surface area (Å²) in [7, 11) is 0. The van der Waals surface area contributed by atoms with Crippen molar-refractivity contribution in [3.05, 3.63) is 16.9 Å². The molecule has 1 atom stereocenters. The smallest absolute Gasteiger partial charge is 0.274 e. The molecular weight excluding hydrogens is 312 g/mol. The molecule has 4 rings (SSSR count). The summed E-state index contributed by atoms with van der Waals surface area (Å²) in [4.78, 5) is 26.2. The Kier molecular flexibility index (Phi) is 3.92. The van der Waals surface area contributed by atoms with E-state index in [9.17, 15) is 4.79 Å². The topological polar surface area (TPSA) is 49.3 Å². The zero-order valence-corrected chi connectivity index (χ0v) is 14.3. The van der Waals surface area contributed by atoms with Crippen molar-refractivity contribution in [1.82, 2.24) is 14.9 Å². The molecule has 0 spiro atoms. The molecule has 1 aliphatic heterocycles. The van der Waals surface area contributed by atoms with E-state index < -0.39 is 0 Å². The normalized spacial score (nSPS) is 22.3. The second-order valence-electron chi connectivity index (χ2n) is 7.08. The number of carbonyl (C=O) groups is 1. The summed E-state index contributed by atoms with van der Waals surface area (Å²) in [6, 6.07) is 0.663. The third-order valence-corrected chi connectivity index (χ3v) is 5.52. The predicted molar refractivity (Wildman–Crippen MR) is 89.9 cm³/mol. The van der Waals surface area contributed by atoms with Crippen molar-refractivity contribution in [2.45, 2.75) is 57.5 Å². The number of rotatable bonds is 5. The number of nitrogens with zero attached hydrogens (tertiary/aromatic N) is 4. The van der Waals surface area contributed by atoms with Crippen LogP contribution < -0.4 is 4.90 Å². The highest BCUT2D eigenvalue weighted by Gasteiger charge is 2.42. The molecule has 2 saturated carbocycles. The summed E-state index contributed by atoms with van der Waals surface area (Å²) in [5.74, 6) is 1.28. The van der Waals surface area contributed by atoms with E-state index in [0.717, 1.165) is 38.8 Å². The molecule has 1 aromatic rings. The molecule has 0 bridgehead atoms. The van der Waals surface area contributed by atoms with E-state index in [1.165, 1.54) is 12.8 Å². The van der Waals surface area contributed by atoms with Crippen molar-refractivity contribution in [2.24, 2.45) is 5.92 Å². The van der Waals surface area contributed by atoms with Gasteiger partial charge in [0, 0.05) is 25.2 Å². The van der Waals surface area contributed by atoms with Gasteiger partial charge in [-0.2, -0.15) is 0 Å². The Morgan fingerprint density at radius 3 is 2.61 bits per heavy atom. The standard InChI is InChI=1S/C17H23ClN4O/c1-11(12-4-5-12)22(13-6-7-13)16(23)15-14(18)10-19-17(20-15)21-8-2-3-9-21/h10-13H,2-9H2,1H3/t11-/m0/s1. The van der Waals surface area contributed by atoms with Gasteiger partial charge in [0.2, 0.25) is 5.95 Å². The minimum atomic E-state index is -0.0141. The van der Waals surface area contributed by atoms with E-state index in [2.05, 4.69) is 21.8 Å². The molecule has 2 aliphatic carbocycles. The first-order chi connectivity index (χ1) is 11.1. The van der Waals surface area contributed by atoms with Gasteiger partial charge in [0.1, 0.15) is 0 Å². The van der Waals surface area contributed by atoms with Crippen molar-refractivity contribution >= 4 is 23.5 Å². The van der Waals surface area contributed by atoms with Crippen LogP contribution in [-0.4, -0.2) is 45.9 Å². The summed E-state index contributed by atoms with van der Waals surface area (Å²) in [5.41, 5.74) is 0.378. The number of anilines is 1. The molecule has 3 aliphatic rings. The van der Waals surface area contributed by atoms with Crippen LogP contribution in [0.1, 0.15) is 55.9 Å². The Morgan fingerprint density at radius 1 is 1.30 bits per heavy atom. The Bertz CT molecular complexity index is 609. The first kappa shape index (κ1) is 15.2. The third-order valence-electron chi connectivity index (χ3n) is 5.24. The summed E-state index contributed by atoms with van der Waals surface area (Å²) in [5, 5.41) is 0.367. The van der Waals surface area contributed by atoms with E-state index in [4.69, 9.17) is 11.6 Å². The van der Waals surface area contributed by atoms with E-state index >= 15 is 0 Å². The molecule has 1 saturated heterocycles. The number of halogens is 1. The largest absolute Gasteiger partial charge is 0.341 e. The van der Waals surface area contributed by atoms with Crippen molar-refractivity contribution in [3.63, 3.8) is 0 Å². The fourth-order valence-electron chi connectivity index (χ4n) is 3.54. The number of aromatic nitrogens is 2. The van der Waals surface area contributed by atoms with Gasteiger partial charge in [0.25, 0.3) is 5.91 Å². The van der Waals surface area contributed by atoms with Gasteiger partial charge in [-0.3, -0.25) is 4.79 Å². The van der Waals surface area contributed by atoms with Gasteiger partial charge < -0.3 is 9.80 Å². The highest BCUT2D eigenvalue weighted by Crippen LogP contribution is 2.40. The Hall–Kier alpha value is -1.36.